The quantitative estimate of drug-likeness (QED) is 0.825. The van der Waals surface area contributed by atoms with Crippen molar-refractivity contribution >= 4 is 23.3 Å². The zero-order valence-corrected chi connectivity index (χ0v) is 11.2. The molecular formula is C12H16ClN3O. The molecule has 5 heteroatoms. The molecule has 92 valence electrons. The van der Waals surface area contributed by atoms with Gasteiger partial charge in [-0.1, -0.05) is 27.7 Å². The summed E-state index contributed by atoms with van der Waals surface area (Å²) in [5.41, 5.74) is 0.0435. The van der Waals surface area contributed by atoms with Crippen LogP contribution in [0.4, 0.5) is 5.82 Å². The Bertz CT molecular complexity index is 457. The van der Waals surface area contributed by atoms with E-state index in [4.69, 9.17) is 11.6 Å². The topological polar surface area (TPSA) is 54.9 Å². The lowest BCUT2D eigenvalue weighted by Crippen LogP contribution is -2.18. The molecule has 1 aliphatic carbocycles. The average Bonchev–Trinajstić information content (AvgIpc) is 2.56. The van der Waals surface area contributed by atoms with Crippen LogP contribution in [0.3, 0.4) is 0 Å². The van der Waals surface area contributed by atoms with Crippen molar-refractivity contribution in [2.75, 3.05) is 5.32 Å². The summed E-state index contributed by atoms with van der Waals surface area (Å²) >= 11 is 5.66. The third kappa shape index (κ3) is 1.90. The van der Waals surface area contributed by atoms with Crippen LogP contribution in [0.2, 0.25) is 5.28 Å². The van der Waals surface area contributed by atoms with Crippen molar-refractivity contribution in [3.05, 3.63) is 17.5 Å². The van der Waals surface area contributed by atoms with Crippen LogP contribution in [0.25, 0.3) is 0 Å². The van der Waals surface area contributed by atoms with Gasteiger partial charge in [-0.2, -0.15) is 0 Å². The SMILES string of the molecule is CC1(C)C(C(=O)Nc2ccnc(Cl)n2)C1(C)C. The van der Waals surface area contributed by atoms with Gasteiger partial charge in [0.05, 0.1) is 0 Å². The number of nitrogens with one attached hydrogen (secondary N) is 1. The number of aromatic nitrogens is 2. The fourth-order valence-corrected chi connectivity index (χ4v) is 2.60. The van der Waals surface area contributed by atoms with E-state index in [-0.39, 0.29) is 27.9 Å². The first-order chi connectivity index (χ1) is 7.76. The van der Waals surface area contributed by atoms with Crippen molar-refractivity contribution in [2.45, 2.75) is 27.7 Å². The molecule has 0 bridgehead atoms. The van der Waals surface area contributed by atoms with E-state index in [0.29, 0.717) is 5.82 Å². The van der Waals surface area contributed by atoms with Crippen LogP contribution in [0, 0.1) is 16.7 Å². The number of rotatable bonds is 2. The molecular weight excluding hydrogens is 238 g/mol. The summed E-state index contributed by atoms with van der Waals surface area (Å²) in [6.07, 6.45) is 1.52. The van der Waals surface area contributed by atoms with Gasteiger partial charge >= 0.3 is 0 Å². The Morgan fingerprint density at radius 2 is 1.94 bits per heavy atom. The number of anilines is 1. The number of halogens is 1. The molecule has 0 spiro atoms. The lowest BCUT2D eigenvalue weighted by molar-refractivity contribution is -0.118. The molecule has 0 radical (unpaired) electrons. The molecule has 1 amide bonds. The van der Waals surface area contributed by atoms with Crippen LogP contribution in [0.15, 0.2) is 12.3 Å². The average molecular weight is 254 g/mol. The Morgan fingerprint density at radius 3 is 2.41 bits per heavy atom. The second-order valence-corrected chi connectivity index (χ2v) is 5.91. The molecule has 0 aliphatic heterocycles. The number of hydrogen-bond donors (Lipinski definition) is 1. The molecule has 1 fully saturated rings. The van der Waals surface area contributed by atoms with Crippen molar-refractivity contribution in [1.82, 2.24) is 9.97 Å². The molecule has 1 aromatic heterocycles. The molecule has 1 aromatic rings. The molecule has 17 heavy (non-hydrogen) atoms. The zero-order valence-electron chi connectivity index (χ0n) is 10.4. The third-order valence-electron chi connectivity index (χ3n) is 4.16. The van der Waals surface area contributed by atoms with E-state index in [9.17, 15) is 4.79 Å². The van der Waals surface area contributed by atoms with Crippen molar-refractivity contribution in [3.8, 4) is 0 Å². The van der Waals surface area contributed by atoms with Crippen molar-refractivity contribution < 1.29 is 4.79 Å². The van der Waals surface area contributed by atoms with E-state index in [0.717, 1.165) is 0 Å². The lowest BCUT2D eigenvalue weighted by atomic mass is 10.0. The fraction of sp³-hybridized carbons (Fsp3) is 0.583. The molecule has 0 saturated heterocycles. The van der Waals surface area contributed by atoms with Gasteiger partial charge in [0.15, 0.2) is 0 Å². The highest BCUT2D eigenvalue weighted by atomic mass is 35.5. The van der Waals surface area contributed by atoms with E-state index in [1.54, 1.807) is 6.07 Å². The molecule has 1 saturated carbocycles. The molecule has 1 N–H and O–H groups in total. The van der Waals surface area contributed by atoms with E-state index in [2.05, 4.69) is 43.0 Å². The number of nitrogens with zero attached hydrogens (tertiary/aromatic N) is 2. The van der Waals surface area contributed by atoms with Gasteiger partial charge in [-0.3, -0.25) is 4.79 Å². The highest BCUT2D eigenvalue weighted by molar-refractivity contribution is 6.28. The second-order valence-electron chi connectivity index (χ2n) is 5.58. The summed E-state index contributed by atoms with van der Waals surface area (Å²) in [6.45, 7) is 8.41. The Kier molecular flexibility index (Phi) is 2.65. The number of carbonyl (C=O) groups excluding carboxylic acids is 1. The Balaban J connectivity index is 2.10. The van der Waals surface area contributed by atoms with E-state index < -0.39 is 0 Å². The Hall–Kier alpha value is -1.16. The minimum absolute atomic E-state index is 0.00346. The minimum Gasteiger partial charge on any atom is -0.310 e. The highest BCUT2D eigenvalue weighted by Crippen LogP contribution is 2.68. The van der Waals surface area contributed by atoms with Gasteiger partial charge in [0.2, 0.25) is 11.2 Å². The van der Waals surface area contributed by atoms with Gasteiger partial charge in [0.1, 0.15) is 5.82 Å². The van der Waals surface area contributed by atoms with Crippen LogP contribution in [0.5, 0.6) is 0 Å². The summed E-state index contributed by atoms with van der Waals surface area (Å²) in [5, 5.41) is 2.92. The predicted octanol–water partition coefficient (Wildman–Crippen LogP) is 2.75. The second kappa shape index (κ2) is 3.67. The van der Waals surface area contributed by atoms with E-state index in [1.807, 2.05) is 0 Å². The zero-order chi connectivity index (χ0) is 12.8. The molecule has 0 atom stereocenters. The van der Waals surface area contributed by atoms with Gasteiger partial charge in [0, 0.05) is 12.1 Å². The summed E-state index contributed by atoms with van der Waals surface area (Å²) < 4.78 is 0. The summed E-state index contributed by atoms with van der Waals surface area (Å²) in [6, 6.07) is 1.63. The Morgan fingerprint density at radius 1 is 1.35 bits per heavy atom. The van der Waals surface area contributed by atoms with Gasteiger partial charge < -0.3 is 5.32 Å². The first-order valence-electron chi connectivity index (χ1n) is 5.56. The molecule has 0 aromatic carbocycles. The molecule has 4 nitrogen and oxygen atoms in total. The first kappa shape index (κ1) is 12.3. The highest BCUT2D eigenvalue weighted by Gasteiger charge is 2.68. The van der Waals surface area contributed by atoms with Gasteiger partial charge in [-0.25, -0.2) is 9.97 Å². The first-order valence-corrected chi connectivity index (χ1v) is 5.94. The predicted molar refractivity (Wildman–Crippen MR) is 66.7 cm³/mol. The number of hydrogen-bond acceptors (Lipinski definition) is 3. The lowest BCUT2D eigenvalue weighted by Gasteiger charge is -2.05. The van der Waals surface area contributed by atoms with Crippen molar-refractivity contribution in [1.29, 1.82) is 0 Å². The van der Waals surface area contributed by atoms with Crippen LogP contribution in [0.1, 0.15) is 27.7 Å². The van der Waals surface area contributed by atoms with Gasteiger partial charge in [-0.15, -0.1) is 0 Å². The van der Waals surface area contributed by atoms with Crippen LogP contribution >= 0.6 is 11.6 Å². The molecule has 1 heterocycles. The monoisotopic (exact) mass is 253 g/mol. The van der Waals surface area contributed by atoms with E-state index in [1.165, 1.54) is 6.20 Å². The van der Waals surface area contributed by atoms with Crippen molar-refractivity contribution in [3.63, 3.8) is 0 Å². The standard InChI is InChI=1S/C12H16ClN3O/c1-11(2)8(12(11,3)4)9(17)15-7-5-6-14-10(13)16-7/h5-6,8H,1-4H3,(H,14,15,16,17). The van der Waals surface area contributed by atoms with Crippen LogP contribution < -0.4 is 5.32 Å². The fourth-order valence-electron chi connectivity index (χ4n) is 2.45. The van der Waals surface area contributed by atoms with Crippen LogP contribution in [-0.2, 0) is 4.79 Å². The maximum Gasteiger partial charge on any atom is 0.229 e. The number of amides is 1. The normalized spacial score (nSPS) is 21.0. The maximum atomic E-state index is 12.1. The summed E-state index contributed by atoms with van der Waals surface area (Å²) in [7, 11) is 0. The smallest absolute Gasteiger partial charge is 0.229 e. The summed E-state index contributed by atoms with van der Waals surface area (Å²) in [5.74, 6) is 0.451. The minimum atomic E-state index is -0.00485. The van der Waals surface area contributed by atoms with E-state index >= 15 is 0 Å². The largest absolute Gasteiger partial charge is 0.310 e. The Labute approximate surface area is 106 Å². The third-order valence-corrected chi connectivity index (χ3v) is 4.34. The van der Waals surface area contributed by atoms with Crippen molar-refractivity contribution in [2.24, 2.45) is 16.7 Å². The molecule has 0 unspecified atom stereocenters. The molecule has 2 rings (SSSR count). The van der Waals surface area contributed by atoms with Gasteiger partial charge in [-0.05, 0) is 28.5 Å². The summed E-state index contributed by atoms with van der Waals surface area (Å²) in [4.78, 5) is 19.8. The molecule has 1 aliphatic rings. The van der Waals surface area contributed by atoms with Crippen LogP contribution in [-0.4, -0.2) is 15.9 Å². The van der Waals surface area contributed by atoms with Gasteiger partial charge in [0.25, 0.3) is 0 Å². The maximum absolute atomic E-state index is 12.1. The number of carbonyl (C=O) groups is 1.